The van der Waals surface area contributed by atoms with E-state index in [1.165, 1.54) is 0 Å². The number of hydrogen-bond acceptors (Lipinski definition) is 2. The van der Waals surface area contributed by atoms with Crippen molar-refractivity contribution in [3.63, 3.8) is 0 Å². The summed E-state index contributed by atoms with van der Waals surface area (Å²) in [5.41, 5.74) is 0.479. The summed E-state index contributed by atoms with van der Waals surface area (Å²) in [5, 5.41) is 1.02. The Morgan fingerprint density at radius 2 is 1.90 bits per heavy atom. The lowest BCUT2D eigenvalue weighted by molar-refractivity contribution is -0.131. The van der Waals surface area contributed by atoms with E-state index in [2.05, 4.69) is 11.8 Å². The van der Waals surface area contributed by atoms with Crippen LogP contribution in [0.25, 0.3) is 0 Å². The van der Waals surface area contributed by atoms with Crippen LogP contribution in [0.15, 0.2) is 18.2 Å². The predicted molar refractivity (Wildman–Crippen MR) is 89.2 cm³/mol. The van der Waals surface area contributed by atoms with Crippen LogP contribution in [0, 0.1) is 5.92 Å². The fourth-order valence-electron chi connectivity index (χ4n) is 3.24. The molecule has 2 rings (SSSR count). The Bertz CT molecular complexity index is 520. The summed E-state index contributed by atoms with van der Waals surface area (Å²) in [6, 6.07) is 5.49. The molecule has 0 bridgehead atoms. The minimum atomic E-state index is -0.349. The number of carbonyl (C=O) groups is 1. The fraction of sp³-hybridized carbons (Fsp3) is 0.588. The molecule has 0 spiro atoms. The third-order valence-electron chi connectivity index (χ3n) is 4.86. The van der Waals surface area contributed by atoms with Crippen molar-refractivity contribution in [3.05, 3.63) is 33.8 Å². The van der Waals surface area contributed by atoms with Gasteiger partial charge >= 0.3 is 0 Å². The minimum Gasteiger partial charge on any atom is -0.297 e. The molecule has 4 heteroatoms. The number of benzene rings is 1. The lowest BCUT2D eigenvalue weighted by Crippen LogP contribution is -2.53. The number of ketones is 1. The smallest absolute Gasteiger partial charge is 0.157 e. The highest BCUT2D eigenvalue weighted by Crippen LogP contribution is 2.37. The van der Waals surface area contributed by atoms with Crippen LogP contribution in [0.1, 0.15) is 38.2 Å². The van der Waals surface area contributed by atoms with Gasteiger partial charge in [0.15, 0.2) is 5.78 Å². The van der Waals surface area contributed by atoms with Crippen LogP contribution < -0.4 is 0 Å². The third kappa shape index (κ3) is 3.44. The minimum absolute atomic E-state index is 0.253. The van der Waals surface area contributed by atoms with E-state index in [1.54, 1.807) is 6.07 Å². The first-order valence-electron chi connectivity index (χ1n) is 7.50. The maximum atomic E-state index is 13.0. The highest BCUT2D eigenvalue weighted by atomic mass is 35.5. The molecule has 0 saturated heterocycles. The molecular weight excluding hydrogens is 305 g/mol. The van der Waals surface area contributed by atoms with E-state index < -0.39 is 0 Å². The number of hydrogen-bond donors (Lipinski definition) is 0. The van der Waals surface area contributed by atoms with E-state index in [0.29, 0.717) is 22.4 Å². The largest absolute Gasteiger partial charge is 0.297 e. The van der Waals surface area contributed by atoms with Gasteiger partial charge in [-0.05, 0) is 57.3 Å². The van der Waals surface area contributed by atoms with Crippen molar-refractivity contribution in [2.24, 2.45) is 5.92 Å². The Morgan fingerprint density at radius 3 is 2.48 bits per heavy atom. The van der Waals surface area contributed by atoms with Gasteiger partial charge in [-0.25, -0.2) is 0 Å². The number of rotatable bonds is 4. The molecule has 0 unspecified atom stereocenters. The van der Waals surface area contributed by atoms with E-state index in [-0.39, 0.29) is 11.3 Å². The summed E-state index contributed by atoms with van der Waals surface area (Å²) >= 11 is 12.3. The van der Waals surface area contributed by atoms with Crippen LogP contribution in [0.5, 0.6) is 0 Å². The maximum absolute atomic E-state index is 13.0. The van der Waals surface area contributed by atoms with Crippen LogP contribution in [-0.2, 0) is 11.2 Å². The van der Waals surface area contributed by atoms with Gasteiger partial charge in [-0.2, -0.15) is 0 Å². The normalized spacial score (nSPS) is 26.1. The van der Waals surface area contributed by atoms with Crippen LogP contribution in [0.4, 0.5) is 0 Å². The van der Waals surface area contributed by atoms with E-state index >= 15 is 0 Å². The zero-order valence-electron chi connectivity index (χ0n) is 13.0. The number of carbonyl (C=O) groups excluding carboxylic acids is 1. The van der Waals surface area contributed by atoms with Crippen molar-refractivity contribution < 1.29 is 4.79 Å². The summed E-state index contributed by atoms with van der Waals surface area (Å²) in [7, 11) is 4.01. The molecule has 1 aliphatic carbocycles. The van der Waals surface area contributed by atoms with Crippen molar-refractivity contribution in [3.8, 4) is 0 Å². The highest BCUT2D eigenvalue weighted by molar-refractivity contribution is 6.42. The first-order valence-corrected chi connectivity index (χ1v) is 8.26. The predicted octanol–water partition coefficient (Wildman–Crippen LogP) is 4.62. The van der Waals surface area contributed by atoms with Crippen molar-refractivity contribution >= 4 is 29.0 Å². The first kappa shape index (κ1) is 16.8. The monoisotopic (exact) mass is 327 g/mol. The quantitative estimate of drug-likeness (QED) is 0.804. The molecule has 0 atom stereocenters. The van der Waals surface area contributed by atoms with E-state index in [1.807, 2.05) is 26.2 Å². The first-order chi connectivity index (χ1) is 9.86. The van der Waals surface area contributed by atoms with Gasteiger partial charge in [0.25, 0.3) is 0 Å². The molecule has 1 aromatic carbocycles. The fourth-order valence-corrected chi connectivity index (χ4v) is 3.62. The summed E-state index contributed by atoms with van der Waals surface area (Å²) in [5.74, 6) is 0.962. The molecular formula is C17H23Cl2NO. The molecule has 0 N–H and O–H groups in total. The van der Waals surface area contributed by atoms with Crippen LogP contribution in [0.3, 0.4) is 0 Å². The van der Waals surface area contributed by atoms with Crippen LogP contribution in [-0.4, -0.2) is 30.3 Å². The van der Waals surface area contributed by atoms with Gasteiger partial charge in [-0.3, -0.25) is 9.69 Å². The Morgan fingerprint density at radius 1 is 1.29 bits per heavy atom. The molecule has 0 radical (unpaired) electrons. The maximum Gasteiger partial charge on any atom is 0.157 e. The van der Waals surface area contributed by atoms with Gasteiger partial charge in [0, 0.05) is 6.42 Å². The van der Waals surface area contributed by atoms with Crippen molar-refractivity contribution in [2.45, 2.75) is 44.6 Å². The second-order valence-electron chi connectivity index (χ2n) is 6.42. The van der Waals surface area contributed by atoms with Crippen LogP contribution in [0.2, 0.25) is 10.0 Å². The lowest BCUT2D eigenvalue weighted by Gasteiger charge is -2.43. The van der Waals surface area contributed by atoms with Gasteiger partial charge < -0.3 is 0 Å². The number of nitrogens with zero attached hydrogens (tertiary/aromatic N) is 1. The molecule has 0 aliphatic heterocycles. The topological polar surface area (TPSA) is 20.3 Å². The Hall–Kier alpha value is -0.570. The van der Waals surface area contributed by atoms with E-state index in [0.717, 1.165) is 31.2 Å². The number of Topliss-reactive ketones (excluding diaryl/α,β-unsaturated/α-hetero) is 1. The Balaban J connectivity index is 2.22. The molecule has 2 nitrogen and oxygen atoms in total. The van der Waals surface area contributed by atoms with Crippen LogP contribution >= 0.6 is 23.2 Å². The molecule has 0 heterocycles. The zero-order chi connectivity index (χ0) is 15.6. The summed E-state index contributed by atoms with van der Waals surface area (Å²) < 4.78 is 0. The average Bonchev–Trinajstić information content (AvgIpc) is 2.44. The SMILES string of the molecule is CC1CCC(C(=O)Cc2cccc(Cl)c2Cl)(N(C)C)CC1. The highest BCUT2D eigenvalue weighted by Gasteiger charge is 2.42. The molecule has 116 valence electrons. The van der Waals surface area contributed by atoms with Crippen molar-refractivity contribution in [1.82, 2.24) is 4.90 Å². The number of likely N-dealkylation sites (N-methyl/N-ethyl adjacent to an activating group) is 1. The van der Waals surface area contributed by atoms with Crippen molar-refractivity contribution in [1.29, 1.82) is 0 Å². The molecule has 1 aromatic rings. The van der Waals surface area contributed by atoms with Crippen molar-refractivity contribution in [2.75, 3.05) is 14.1 Å². The van der Waals surface area contributed by atoms with Gasteiger partial charge in [-0.1, -0.05) is 42.3 Å². The van der Waals surface area contributed by atoms with Gasteiger partial charge in [0.1, 0.15) is 0 Å². The third-order valence-corrected chi connectivity index (χ3v) is 5.72. The van der Waals surface area contributed by atoms with Gasteiger partial charge in [0.2, 0.25) is 0 Å². The zero-order valence-corrected chi connectivity index (χ0v) is 14.5. The summed E-state index contributed by atoms with van der Waals surface area (Å²) in [6.07, 6.45) is 4.42. The Labute approximate surface area is 137 Å². The van der Waals surface area contributed by atoms with Gasteiger partial charge in [-0.15, -0.1) is 0 Å². The second-order valence-corrected chi connectivity index (χ2v) is 7.21. The molecule has 1 aliphatic rings. The standard InChI is InChI=1S/C17H23Cl2NO/c1-12-7-9-17(10-8-12,20(2)3)15(21)11-13-5-4-6-14(18)16(13)19/h4-6,12H,7-11H2,1-3H3. The Kier molecular flexibility index (Phi) is 5.34. The molecule has 0 amide bonds. The second kappa shape index (κ2) is 6.68. The molecule has 21 heavy (non-hydrogen) atoms. The van der Waals surface area contributed by atoms with E-state index in [9.17, 15) is 4.79 Å². The molecule has 1 saturated carbocycles. The average molecular weight is 328 g/mol. The lowest BCUT2D eigenvalue weighted by atomic mass is 9.72. The number of halogens is 2. The molecule has 0 aromatic heterocycles. The van der Waals surface area contributed by atoms with Gasteiger partial charge in [0.05, 0.1) is 15.6 Å². The molecule has 1 fully saturated rings. The van der Waals surface area contributed by atoms with E-state index in [4.69, 9.17) is 23.2 Å². The summed E-state index contributed by atoms with van der Waals surface area (Å²) in [6.45, 7) is 2.26. The summed E-state index contributed by atoms with van der Waals surface area (Å²) in [4.78, 5) is 15.1.